The van der Waals surface area contributed by atoms with E-state index in [9.17, 15) is 0 Å². The van der Waals surface area contributed by atoms with E-state index in [1.54, 1.807) is 17.1 Å². The summed E-state index contributed by atoms with van der Waals surface area (Å²) >= 11 is 6.35. The lowest BCUT2D eigenvalue weighted by Crippen LogP contribution is -2.11. The van der Waals surface area contributed by atoms with Crippen molar-refractivity contribution in [2.75, 3.05) is 5.32 Å². The van der Waals surface area contributed by atoms with E-state index in [-0.39, 0.29) is 6.04 Å². The fourth-order valence-corrected chi connectivity index (χ4v) is 2.58. The molecule has 0 aliphatic rings. The number of halogens is 1. The van der Waals surface area contributed by atoms with Gasteiger partial charge in [0.2, 0.25) is 0 Å². The van der Waals surface area contributed by atoms with Crippen LogP contribution in [0.2, 0.25) is 5.02 Å². The Morgan fingerprint density at radius 2 is 2.19 bits per heavy atom. The van der Waals surface area contributed by atoms with Crippen molar-refractivity contribution in [1.82, 2.24) is 9.78 Å². The second-order valence-corrected chi connectivity index (χ2v) is 5.11. The second-order valence-electron chi connectivity index (χ2n) is 4.71. The number of hydrogen-bond acceptors (Lipinski definition) is 3. The Bertz CT molecular complexity index is 692. The third kappa shape index (κ3) is 2.81. The third-order valence-corrected chi connectivity index (χ3v) is 3.65. The van der Waals surface area contributed by atoms with E-state index in [2.05, 4.69) is 17.3 Å². The van der Waals surface area contributed by atoms with Gasteiger partial charge in [0, 0.05) is 12.4 Å². The largest absolute Gasteiger partial charge is 0.467 e. The zero-order valence-corrected chi connectivity index (χ0v) is 12.4. The van der Waals surface area contributed by atoms with Gasteiger partial charge in [0.25, 0.3) is 0 Å². The minimum atomic E-state index is 0.0905. The van der Waals surface area contributed by atoms with Gasteiger partial charge in [0.1, 0.15) is 11.4 Å². The number of nitrogens with zero attached hydrogens (tertiary/aromatic N) is 2. The first-order chi connectivity index (χ1) is 10.3. The first-order valence-corrected chi connectivity index (χ1v) is 7.26. The molecule has 2 heterocycles. The van der Waals surface area contributed by atoms with Crippen molar-refractivity contribution < 1.29 is 4.42 Å². The van der Waals surface area contributed by atoms with Gasteiger partial charge >= 0.3 is 0 Å². The zero-order chi connectivity index (χ0) is 14.7. The number of nitrogens with one attached hydrogen (secondary N) is 1. The van der Waals surface area contributed by atoms with E-state index in [1.165, 1.54) is 0 Å². The Morgan fingerprint density at radius 1 is 1.29 bits per heavy atom. The molecule has 0 radical (unpaired) electrons. The average Bonchev–Trinajstić information content (AvgIpc) is 3.18. The maximum absolute atomic E-state index is 6.35. The van der Waals surface area contributed by atoms with Crippen molar-refractivity contribution in [3.8, 4) is 5.69 Å². The van der Waals surface area contributed by atoms with Crippen LogP contribution in [-0.2, 0) is 0 Å². The molecule has 4 nitrogen and oxygen atoms in total. The van der Waals surface area contributed by atoms with Crippen LogP contribution in [0.15, 0.2) is 59.5 Å². The lowest BCUT2D eigenvalue weighted by atomic mass is 10.1. The molecule has 2 aromatic heterocycles. The zero-order valence-electron chi connectivity index (χ0n) is 11.7. The molecule has 1 atom stereocenters. The fourth-order valence-electron chi connectivity index (χ4n) is 2.32. The van der Waals surface area contributed by atoms with Crippen LogP contribution in [0.25, 0.3) is 5.69 Å². The summed E-state index contributed by atoms with van der Waals surface area (Å²) in [5.74, 6) is 0.906. The van der Waals surface area contributed by atoms with Crippen LogP contribution in [0.1, 0.15) is 25.1 Å². The summed E-state index contributed by atoms with van der Waals surface area (Å²) in [5, 5.41) is 8.41. The molecular formula is C16H16ClN3O. The van der Waals surface area contributed by atoms with Gasteiger partial charge in [0.15, 0.2) is 0 Å². The normalized spacial score (nSPS) is 12.3. The molecule has 3 aromatic rings. The Balaban J connectivity index is 1.97. The maximum atomic E-state index is 6.35. The van der Waals surface area contributed by atoms with E-state index in [4.69, 9.17) is 16.0 Å². The Hall–Kier alpha value is -2.20. The van der Waals surface area contributed by atoms with Crippen molar-refractivity contribution in [1.29, 1.82) is 0 Å². The summed E-state index contributed by atoms with van der Waals surface area (Å²) < 4.78 is 7.27. The lowest BCUT2D eigenvalue weighted by molar-refractivity contribution is 0.474. The second kappa shape index (κ2) is 6.06. The Morgan fingerprint density at radius 3 is 2.86 bits per heavy atom. The summed E-state index contributed by atoms with van der Waals surface area (Å²) in [7, 11) is 0. The molecule has 1 N–H and O–H groups in total. The molecule has 0 saturated heterocycles. The van der Waals surface area contributed by atoms with Crippen molar-refractivity contribution in [2.45, 2.75) is 19.4 Å². The molecule has 0 bridgehead atoms. The van der Waals surface area contributed by atoms with Gasteiger partial charge in [-0.25, -0.2) is 4.68 Å². The van der Waals surface area contributed by atoms with E-state index in [1.807, 2.05) is 42.6 Å². The van der Waals surface area contributed by atoms with Crippen LogP contribution < -0.4 is 5.32 Å². The Labute approximate surface area is 128 Å². The van der Waals surface area contributed by atoms with E-state index in [0.29, 0.717) is 5.02 Å². The van der Waals surface area contributed by atoms with Gasteiger partial charge in [-0.15, -0.1) is 0 Å². The molecule has 3 rings (SSSR count). The molecule has 108 valence electrons. The van der Waals surface area contributed by atoms with Crippen LogP contribution in [0.5, 0.6) is 0 Å². The monoisotopic (exact) mass is 301 g/mol. The topological polar surface area (TPSA) is 43.0 Å². The van der Waals surface area contributed by atoms with E-state index in [0.717, 1.165) is 23.6 Å². The number of aromatic nitrogens is 2. The van der Waals surface area contributed by atoms with Crippen molar-refractivity contribution in [2.24, 2.45) is 0 Å². The van der Waals surface area contributed by atoms with Gasteiger partial charge < -0.3 is 9.73 Å². The van der Waals surface area contributed by atoms with Gasteiger partial charge in [-0.05, 0) is 36.8 Å². The van der Waals surface area contributed by atoms with E-state index < -0.39 is 0 Å². The third-order valence-electron chi connectivity index (χ3n) is 3.34. The maximum Gasteiger partial charge on any atom is 0.125 e. The summed E-state index contributed by atoms with van der Waals surface area (Å²) in [5.41, 5.74) is 1.77. The quantitative estimate of drug-likeness (QED) is 0.744. The summed E-state index contributed by atoms with van der Waals surface area (Å²) in [6.45, 7) is 2.11. The predicted molar refractivity (Wildman–Crippen MR) is 83.9 cm³/mol. The SMILES string of the molecule is CCC(Nc1cccc(Cl)c1-n1cccn1)c1ccco1. The number of hydrogen-bond donors (Lipinski definition) is 1. The highest BCUT2D eigenvalue weighted by Gasteiger charge is 2.16. The predicted octanol–water partition coefficient (Wildman–Crippen LogP) is 4.68. The van der Waals surface area contributed by atoms with Crippen LogP contribution >= 0.6 is 11.6 Å². The standard InChI is InChI=1S/C16H16ClN3O/c1-2-13(15-8-4-11-21-15)19-14-7-3-6-12(17)16(14)20-10-5-9-18-20/h3-11,13,19H,2H2,1H3. The molecule has 0 fully saturated rings. The highest BCUT2D eigenvalue weighted by Crippen LogP contribution is 2.31. The smallest absolute Gasteiger partial charge is 0.125 e. The number of rotatable bonds is 5. The highest BCUT2D eigenvalue weighted by atomic mass is 35.5. The fraction of sp³-hybridized carbons (Fsp3) is 0.188. The van der Waals surface area contributed by atoms with E-state index >= 15 is 0 Å². The van der Waals surface area contributed by atoms with Crippen molar-refractivity contribution in [3.63, 3.8) is 0 Å². The molecule has 0 saturated carbocycles. The Kier molecular flexibility index (Phi) is 3.97. The molecule has 0 aliphatic carbocycles. The molecule has 0 aliphatic heterocycles. The van der Waals surface area contributed by atoms with Crippen LogP contribution in [0.3, 0.4) is 0 Å². The van der Waals surface area contributed by atoms with Crippen LogP contribution in [0, 0.1) is 0 Å². The van der Waals surface area contributed by atoms with Crippen molar-refractivity contribution >= 4 is 17.3 Å². The molecule has 0 amide bonds. The number of benzene rings is 1. The average molecular weight is 302 g/mol. The summed E-state index contributed by atoms with van der Waals surface area (Å²) in [6, 6.07) is 11.6. The highest BCUT2D eigenvalue weighted by molar-refractivity contribution is 6.33. The van der Waals surface area contributed by atoms with Gasteiger partial charge in [-0.1, -0.05) is 24.6 Å². The first-order valence-electron chi connectivity index (χ1n) is 6.88. The summed E-state index contributed by atoms with van der Waals surface area (Å²) in [6.07, 6.45) is 6.20. The molecule has 1 unspecified atom stereocenters. The molecule has 1 aromatic carbocycles. The number of para-hydroxylation sites is 1. The molecule has 0 spiro atoms. The number of anilines is 1. The van der Waals surface area contributed by atoms with Crippen LogP contribution in [-0.4, -0.2) is 9.78 Å². The molecule has 21 heavy (non-hydrogen) atoms. The van der Waals surface area contributed by atoms with Gasteiger partial charge in [-0.2, -0.15) is 5.10 Å². The van der Waals surface area contributed by atoms with Gasteiger partial charge in [-0.3, -0.25) is 0 Å². The molecule has 5 heteroatoms. The minimum Gasteiger partial charge on any atom is -0.467 e. The summed E-state index contributed by atoms with van der Waals surface area (Å²) in [4.78, 5) is 0. The van der Waals surface area contributed by atoms with Crippen LogP contribution in [0.4, 0.5) is 5.69 Å². The molecular weight excluding hydrogens is 286 g/mol. The minimum absolute atomic E-state index is 0.0905. The van der Waals surface area contributed by atoms with Gasteiger partial charge in [0.05, 0.1) is 23.0 Å². The lowest BCUT2D eigenvalue weighted by Gasteiger charge is -2.19. The number of furan rings is 1. The van der Waals surface area contributed by atoms with Crippen molar-refractivity contribution in [3.05, 3.63) is 65.8 Å². The first kappa shape index (κ1) is 13.8.